The normalized spacial score (nSPS) is 12.4. The number of hydrogen-bond acceptors (Lipinski definition) is 5. The molecule has 0 aliphatic heterocycles. The van der Waals surface area contributed by atoms with Gasteiger partial charge in [0.2, 0.25) is 0 Å². The molecule has 4 N–H and O–H groups in total. The van der Waals surface area contributed by atoms with Crippen molar-refractivity contribution in [3.8, 4) is 0 Å². The number of carbonyl (C=O) groups excluding carboxylic acids is 1. The van der Waals surface area contributed by atoms with Crippen LogP contribution in [0.3, 0.4) is 0 Å². The molecule has 0 amide bonds. The molecule has 0 bridgehead atoms. The number of anilines is 1. The van der Waals surface area contributed by atoms with E-state index >= 15 is 0 Å². The van der Waals surface area contributed by atoms with E-state index in [4.69, 9.17) is 16.2 Å². The van der Waals surface area contributed by atoms with Crippen molar-refractivity contribution in [2.45, 2.75) is 18.9 Å². The third-order valence-electron chi connectivity index (χ3n) is 2.34. The number of pyridine rings is 1. The van der Waals surface area contributed by atoms with Gasteiger partial charge in [-0.05, 0) is 12.5 Å². The molecule has 1 aromatic heterocycles. The fourth-order valence-corrected chi connectivity index (χ4v) is 1.32. The highest BCUT2D eigenvalue weighted by Crippen LogP contribution is 2.09. The number of Topliss-reactive ketones (excluding diaryl/α,β-unsaturated/α-hetero) is 1. The number of ether oxygens (including phenoxy) is 1. The fraction of sp³-hybridized carbons (Fsp3) is 0.455. The molecule has 5 heteroatoms. The van der Waals surface area contributed by atoms with Gasteiger partial charge in [0.15, 0.2) is 5.78 Å². The van der Waals surface area contributed by atoms with Gasteiger partial charge in [0.25, 0.3) is 0 Å². The number of carbonyl (C=O) groups is 1. The van der Waals surface area contributed by atoms with Gasteiger partial charge in [-0.15, -0.1) is 0 Å². The van der Waals surface area contributed by atoms with E-state index in [0.29, 0.717) is 18.8 Å². The predicted octanol–water partition coefficient (Wildman–Crippen LogP) is 0.139. The number of methoxy groups -OCH3 is 1. The van der Waals surface area contributed by atoms with Crippen molar-refractivity contribution in [1.82, 2.24) is 4.98 Å². The van der Waals surface area contributed by atoms with Crippen molar-refractivity contribution in [2.24, 2.45) is 5.73 Å². The maximum Gasteiger partial charge on any atom is 0.154 e. The molecule has 0 aromatic carbocycles. The van der Waals surface area contributed by atoms with E-state index in [1.807, 2.05) is 0 Å². The van der Waals surface area contributed by atoms with Crippen LogP contribution >= 0.6 is 0 Å². The van der Waals surface area contributed by atoms with Crippen LogP contribution in [-0.2, 0) is 16.0 Å². The smallest absolute Gasteiger partial charge is 0.154 e. The summed E-state index contributed by atoms with van der Waals surface area (Å²) in [6.07, 6.45) is 2.34. The quantitative estimate of drug-likeness (QED) is 0.715. The summed E-state index contributed by atoms with van der Waals surface area (Å²) < 4.78 is 4.87. The van der Waals surface area contributed by atoms with Crippen molar-refractivity contribution in [3.05, 3.63) is 23.9 Å². The Kier molecular flexibility index (Phi) is 4.88. The molecule has 1 unspecified atom stereocenters. The highest BCUT2D eigenvalue weighted by atomic mass is 16.5. The minimum atomic E-state index is -0.500. The summed E-state index contributed by atoms with van der Waals surface area (Å²) in [6.45, 7) is 0.482. The van der Waals surface area contributed by atoms with Crippen LogP contribution in [0.2, 0.25) is 0 Å². The minimum absolute atomic E-state index is 0.0447. The number of hydrogen-bond donors (Lipinski definition) is 2. The monoisotopic (exact) mass is 223 g/mol. The lowest BCUT2D eigenvalue weighted by Crippen LogP contribution is -2.33. The number of aromatic nitrogens is 1. The van der Waals surface area contributed by atoms with Gasteiger partial charge in [-0.2, -0.15) is 0 Å². The molecule has 1 heterocycles. The Morgan fingerprint density at radius 2 is 2.38 bits per heavy atom. The average molecular weight is 223 g/mol. The zero-order chi connectivity index (χ0) is 12.0. The predicted molar refractivity (Wildman–Crippen MR) is 61.8 cm³/mol. The topological polar surface area (TPSA) is 91.2 Å². The Bertz CT molecular complexity index is 355. The summed E-state index contributed by atoms with van der Waals surface area (Å²) in [5.41, 5.74) is 12.1. The minimum Gasteiger partial charge on any atom is -0.385 e. The zero-order valence-electron chi connectivity index (χ0n) is 9.35. The lowest BCUT2D eigenvalue weighted by Gasteiger charge is -2.10. The van der Waals surface area contributed by atoms with Gasteiger partial charge < -0.3 is 16.2 Å². The summed E-state index contributed by atoms with van der Waals surface area (Å²) in [5, 5.41) is 0. The number of rotatable bonds is 6. The third kappa shape index (κ3) is 3.60. The first-order chi connectivity index (χ1) is 7.65. The van der Waals surface area contributed by atoms with E-state index in [2.05, 4.69) is 4.98 Å². The van der Waals surface area contributed by atoms with Crippen LogP contribution < -0.4 is 11.5 Å². The molecular formula is C11H17N3O2. The van der Waals surface area contributed by atoms with Crippen LogP contribution in [0.1, 0.15) is 12.0 Å². The van der Waals surface area contributed by atoms with Gasteiger partial charge >= 0.3 is 0 Å². The van der Waals surface area contributed by atoms with Gasteiger partial charge in [0.05, 0.1) is 6.04 Å². The van der Waals surface area contributed by atoms with Crippen molar-refractivity contribution >= 4 is 11.6 Å². The molecule has 0 aliphatic rings. The molecule has 0 saturated heterocycles. The summed E-state index contributed by atoms with van der Waals surface area (Å²) in [4.78, 5) is 15.6. The molecule has 5 nitrogen and oxygen atoms in total. The molecule has 0 fully saturated rings. The SMILES string of the molecule is COCCC(N)C(=O)Cc1cccnc1N. The van der Waals surface area contributed by atoms with Crippen LogP contribution in [0.5, 0.6) is 0 Å². The second-order valence-electron chi connectivity index (χ2n) is 3.58. The van der Waals surface area contributed by atoms with Crippen LogP contribution in [0.4, 0.5) is 5.82 Å². The van der Waals surface area contributed by atoms with E-state index in [-0.39, 0.29) is 12.2 Å². The van der Waals surface area contributed by atoms with E-state index < -0.39 is 6.04 Å². The van der Waals surface area contributed by atoms with E-state index in [9.17, 15) is 4.79 Å². The van der Waals surface area contributed by atoms with Crippen molar-refractivity contribution in [1.29, 1.82) is 0 Å². The first kappa shape index (κ1) is 12.6. The number of nitrogens with zero attached hydrogens (tertiary/aromatic N) is 1. The average Bonchev–Trinajstić information content (AvgIpc) is 2.28. The highest BCUT2D eigenvalue weighted by Gasteiger charge is 2.14. The number of ketones is 1. The van der Waals surface area contributed by atoms with E-state index in [0.717, 1.165) is 5.56 Å². The standard InChI is InChI=1S/C11H17N3O2/c1-16-6-4-9(12)10(15)7-8-3-2-5-14-11(8)13/h2-3,5,9H,4,6-7,12H2,1H3,(H2,13,14). The van der Waals surface area contributed by atoms with Gasteiger partial charge in [-0.25, -0.2) is 4.98 Å². The number of nitrogen functional groups attached to an aromatic ring is 1. The highest BCUT2D eigenvalue weighted by molar-refractivity contribution is 5.86. The van der Waals surface area contributed by atoms with Gasteiger partial charge in [0.1, 0.15) is 5.82 Å². The molecule has 0 spiro atoms. The first-order valence-electron chi connectivity index (χ1n) is 5.11. The van der Waals surface area contributed by atoms with E-state index in [1.165, 1.54) is 0 Å². The Hall–Kier alpha value is -1.46. The Balaban J connectivity index is 2.54. The second-order valence-corrected chi connectivity index (χ2v) is 3.58. The zero-order valence-corrected chi connectivity index (χ0v) is 9.35. The van der Waals surface area contributed by atoms with E-state index in [1.54, 1.807) is 25.4 Å². The Morgan fingerprint density at radius 1 is 1.62 bits per heavy atom. The first-order valence-corrected chi connectivity index (χ1v) is 5.11. The third-order valence-corrected chi connectivity index (χ3v) is 2.34. The maximum absolute atomic E-state index is 11.7. The van der Waals surface area contributed by atoms with Gasteiger partial charge in [0, 0.05) is 31.9 Å². The van der Waals surface area contributed by atoms with Crippen molar-refractivity contribution in [3.63, 3.8) is 0 Å². The molecule has 1 aromatic rings. The molecule has 88 valence electrons. The molecule has 0 saturated carbocycles. The summed E-state index contributed by atoms with van der Waals surface area (Å²) in [7, 11) is 1.58. The molecule has 1 atom stereocenters. The second kappa shape index (κ2) is 6.19. The summed E-state index contributed by atoms with van der Waals surface area (Å²) >= 11 is 0. The van der Waals surface area contributed by atoms with Crippen molar-refractivity contribution in [2.75, 3.05) is 19.5 Å². The lowest BCUT2D eigenvalue weighted by molar-refractivity contribution is -0.120. The fourth-order valence-electron chi connectivity index (χ4n) is 1.32. The summed E-state index contributed by atoms with van der Waals surface area (Å²) in [6, 6.07) is 3.03. The Labute approximate surface area is 94.8 Å². The van der Waals surface area contributed by atoms with Crippen LogP contribution in [-0.4, -0.2) is 30.5 Å². The molecule has 0 radical (unpaired) electrons. The molecule has 0 aliphatic carbocycles. The largest absolute Gasteiger partial charge is 0.385 e. The Morgan fingerprint density at radius 3 is 3.00 bits per heavy atom. The van der Waals surface area contributed by atoms with Gasteiger partial charge in [-0.1, -0.05) is 6.07 Å². The van der Waals surface area contributed by atoms with Gasteiger partial charge in [-0.3, -0.25) is 4.79 Å². The molecular weight excluding hydrogens is 206 g/mol. The van der Waals surface area contributed by atoms with Crippen LogP contribution in [0.25, 0.3) is 0 Å². The molecule has 16 heavy (non-hydrogen) atoms. The number of nitrogens with two attached hydrogens (primary N) is 2. The lowest BCUT2D eigenvalue weighted by atomic mass is 10.0. The van der Waals surface area contributed by atoms with Crippen LogP contribution in [0.15, 0.2) is 18.3 Å². The molecule has 1 rings (SSSR count). The van der Waals surface area contributed by atoms with Crippen molar-refractivity contribution < 1.29 is 9.53 Å². The van der Waals surface area contributed by atoms with Crippen LogP contribution in [0, 0.1) is 0 Å². The summed E-state index contributed by atoms with van der Waals surface area (Å²) in [5.74, 6) is 0.339. The maximum atomic E-state index is 11.7.